The molecule has 1 aromatic rings. The van der Waals surface area contributed by atoms with Crippen LogP contribution in [-0.4, -0.2) is 33.6 Å². The van der Waals surface area contributed by atoms with E-state index in [2.05, 4.69) is 15.3 Å². The van der Waals surface area contributed by atoms with Gasteiger partial charge in [0.15, 0.2) is 0 Å². The zero-order valence-corrected chi connectivity index (χ0v) is 8.90. The molecule has 0 aliphatic rings. The van der Waals surface area contributed by atoms with E-state index >= 15 is 0 Å². The van der Waals surface area contributed by atoms with Crippen molar-refractivity contribution in [1.82, 2.24) is 15.3 Å². The maximum Gasteiger partial charge on any atom is 0.271 e. The molecule has 0 aromatic carbocycles. The molecule has 0 aliphatic heterocycles. The number of aromatic nitrogens is 2. The predicted molar refractivity (Wildman–Crippen MR) is 55.4 cm³/mol. The molecule has 1 rings (SSSR count). The summed E-state index contributed by atoms with van der Waals surface area (Å²) in [5, 5.41) is 11.6. The SMILES string of the molecule is CC[C@@H](CO)NC(=O)c1cnc(C)cn1. The molecule has 0 aliphatic carbocycles. The molecule has 1 atom stereocenters. The van der Waals surface area contributed by atoms with Crippen LogP contribution < -0.4 is 5.32 Å². The number of nitrogens with zero attached hydrogens (tertiary/aromatic N) is 2. The monoisotopic (exact) mass is 209 g/mol. The summed E-state index contributed by atoms with van der Waals surface area (Å²) in [6.45, 7) is 3.63. The highest BCUT2D eigenvalue weighted by Crippen LogP contribution is 1.96. The van der Waals surface area contributed by atoms with Gasteiger partial charge in [-0.1, -0.05) is 6.92 Å². The predicted octanol–water partition coefficient (Wildman–Crippen LogP) is 0.286. The summed E-state index contributed by atoms with van der Waals surface area (Å²) in [5.74, 6) is -0.302. The molecule has 82 valence electrons. The summed E-state index contributed by atoms with van der Waals surface area (Å²) in [6.07, 6.45) is 3.64. The number of hydrogen-bond acceptors (Lipinski definition) is 4. The molecular formula is C10H15N3O2. The van der Waals surface area contributed by atoms with Crippen LogP contribution in [0.2, 0.25) is 0 Å². The van der Waals surface area contributed by atoms with Crippen LogP contribution in [0, 0.1) is 6.92 Å². The Balaban J connectivity index is 2.64. The molecule has 1 amide bonds. The van der Waals surface area contributed by atoms with Crippen molar-refractivity contribution in [3.05, 3.63) is 23.8 Å². The standard InChI is InChI=1S/C10H15N3O2/c1-3-8(6-14)13-10(15)9-5-11-7(2)4-12-9/h4-5,8,14H,3,6H2,1-2H3,(H,13,15)/t8-/m0/s1. The molecule has 0 bridgehead atoms. The third-order valence-electron chi connectivity index (χ3n) is 2.06. The number of aliphatic hydroxyl groups excluding tert-OH is 1. The van der Waals surface area contributed by atoms with Crippen molar-refractivity contribution >= 4 is 5.91 Å². The third-order valence-corrected chi connectivity index (χ3v) is 2.06. The van der Waals surface area contributed by atoms with E-state index < -0.39 is 0 Å². The number of aliphatic hydroxyl groups is 1. The lowest BCUT2D eigenvalue weighted by Gasteiger charge is -2.13. The molecule has 0 radical (unpaired) electrons. The van der Waals surface area contributed by atoms with Crippen molar-refractivity contribution in [2.24, 2.45) is 0 Å². The molecule has 0 saturated carbocycles. The zero-order chi connectivity index (χ0) is 11.3. The van der Waals surface area contributed by atoms with E-state index in [1.807, 2.05) is 6.92 Å². The first-order valence-corrected chi connectivity index (χ1v) is 4.87. The minimum absolute atomic E-state index is 0.0679. The average molecular weight is 209 g/mol. The van der Waals surface area contributed by atoms with Crippen LogP contribution in [0.15, 0.2) is 12.4 Å². The number of carbonyl (C=O) groups excluding carboxylic acids is 1. The minimum atomic E-state index is -0.302. The molecule has 0 unspecified atom stereocenters. The second-order valence-electron chi connectivity index (χ2n) is 3.30. The largest absolute Gasteiger partial charge is 0.394 e. The van der Waals surface area contributed by atoms with E-state index in [0.29, 0.717) is 6.42 Å². The summed E-state index contributed by atoms with van der Waals surface area (Å²) in [4.78, 5) is 19.5. The van der Waals surface area contributed by atoms with Gasteiger partial charge in [0.1, 0.15) is 5.69 Å². The quantitative estimate of drug-likeness (QED) is 0.747. The number of nitrogens with one attached hydrogen (secondary N) is 1. The molecule has 0 fully saturated rings. The van der Waals surface area contributed by atoms with Gasteiger partial charge >= 0.3 is 0 Å². The molecule has 1 heterocycles. The molecule has 1 aromatic heterocycles. The lowest BCUT2D eigenvalue weighted by molar-refractivity contribution is 0.0909. The van der Waals surface area contributed by atoms with E-state index in [1.54, 1.807) is 6.92 Å². The fraction of sp³-hybridized carbons (Fsp3) is 0.500. The lowest BCUT2D eigenvalue weighted by atomic mass is 10.2. The zero-order valence-electron chi connectivity index (χ0n) is 8.90. The highest BCUT2D eigenvalue weighted by molar-refractivity contribution is 5.92. The first kappa shape index (κ1) is 11.6. The Morgan fingerprint density at radius 3 is 2.73 bits per heavy atom. The number of hydrogen-bond donors (Lipinski definition) is 2. The average Bonchev–Trinajstić information content (AvgIpc) is 2.26. The van der Waals surface area contributed by atoms with Gasteiger partial charge in [-0.05, 0) is 13.3 Å². The molecule has 5 heteroatoms. The van der Waals surface area contributed by atoms with Crippen molar-refractivity contribution in [3.63, 3.8) is 0 Å². The maximum absolute atomic E-state index is 11.6. The first-order valence-electron chi connectivity index (χ1n) is 4.87. The Kier molecular flexibility index (Phi) is 4.17. The highest BCUT2D eigenvalue weighted by Gasteiger charge is 2.12. The number of carbonyl (C=O) groups is 1. The third kappa shape index (κ3) is 3.28. The minimum Gasteiger partial charge on any atom is -0.394 e. The van der Waals surface area contributed by atoms with Gasteiger partial charge in [-0.2, -0.15) is 0 Å². The topological polar surface area (TPSA) is 75.1 Å². The van der Waals surface area contributed by atoms with Crippen molar-refractivity contribution < 1.29 is 9.90 Å². The Bertz CT molecular complexity index is 320. The van der Waals surface area contributed by atoms with Crippen molar-refractivity contribution in [2.45, 2.75) is 26.3 Å². The van der Waals surface area contributed by atoms with Gasteiger partial charge in [0.25, 0.3) is 5.91 Å². The van der Waals surface area contributed by atoms with Crippen molar-refractivity contribution in [1.29, 1.82) is 0 Å². The lowest BCUT2D eigenvalue weighted by Crippen LogP contribution is -2.37. The van der Waals surface area contributed by atoms with Gasteiger partial charge in [-0.3, -0.25) is 9.78 Å². The smallest absolute Gasteiger partial charge is 0.271 e. The van der Waals surface area contributed by atoms with E-state index in [0.717, 1.165) is 5.69 Å². The normalized spacial score (nSPS) is 12.2. The molecule has 15 heavy (non-hydrogen) atoms. The van der Waals surface area contributed by atoms with Crippen LogP contribution in [0.4, 0.5) is 0 Å². The molecule has 0 saturated heterocycles. The summed E-state index contributed by atoms with van der Waals surface area (Å²) in [7, 11) is 0. The van der Waals surface area contributed by atoms with E-state index in [9.17, 15) is 4.79 Å². The van der Waals surface area contributed by atoms with Gasteiger partial charge in [0.2, 0.25) is 0 Å². The van der Waals surface area contributed by atoms with Gasteiger partial charge in [0, 0.05) is 6.20 Å². The summed E-state index contributed by atoms with van der Waals surface area (Å²) < 4.78 is 0. The summed E-state index contributed by atoms with van der Waals surface area (Å²) in [6, 6.07) is -0.222. The maximum atomic E-state index is 11.6. The Hall–Kier alpha value is -1.49. The molecule has 5 nitrogen and oxygen atoms in total. The number of aryl methyl sites for hydroxylation is 1. The van der Waals surface area contributed by atoms with E-state index in [-0.39, 0.29) is 24.2 Å². The summed E-state index contributed by atoms with van der Waals surface area (Å²) >= 11 is 0. The van der Waals surface area contributed by atoms with Crippen LogP contribution in [-0.2, 0) is 0 Å². The van der Waals surface area contributed by atoms with Crippen LogP contribution in [0.3, 0.4) is 0 Å². The van der Waals surface area contributed by atoms with Gasteiger partial charge in [0.05, 0.1) is 24.5 Å². The van der Waals surface area contributed by atoms with Crippen molar-refractivity contribution in [3.8, 4) is 0 Å². The molecule has 0 spiro atoms. The van der Waals surface area contributed by atoms with Crippen LogP contribution >= 0.6 is 0 Å². The Morgan fingerprint density at radius 1 is 1.53 bits per heavy atom. The van der Waals surface area contributed by atoms with Crippen LogP contribution in [0.1, 0.15) is 29.5 Å². The molecule has 2 N–H and O–H groups in total. The van der Waals surface area contributed by atoms with Crippen LogP contribution in [0.25, 0.3) is 0 Å². The summed E-state index contributed by atoms with van der Waals surface area (Å²) in [5.41, 5.74) is 1.04. The second-order valence-corrected chi connectivity index (χ2v) is 3.30. The second kappa shape index (κ2) is 5.41. The number of amides is 1. The Morgan fingerprint density at radius 2 is 2.27 bits per heavy atom. The highest BCUT2D eigenvalue weighted by atomic mass is 16.3. The van der Waals surface area contributed by atoms with Gasteiger partial charge in [-0.15, -0.1) is 0 Å². The fourth-order valence-electron chi connectivity index (χ4n) is 1.05. The van der Waals surface area contributed by atoms with Crippen LogP contribution in [0.5, 0.6) is 0 Å². The van der Waals surface area contributed by atoms with Gasteiger partial charge < -0.3 is 10.4 Å². The van der Waals surface area contributed by atoms with Crippen molar-refractivity contribution in [2.75, 3.05) is 6.61 Å². The number of rotatable bonds is 4. The van der Waals surface area contributed by atoms with E-state index in [4.69, 9.17) is 5.11 Å². The van der Waals surface area contributed by atoms with E-state index in [1.165, 1.54) is 12.4 Å². The molecular weight excluding hydrogens is 194 g/mol. The van der Waals surface area contributed by atoms with Gasteiger partial charge in [-0.25, -0.2) is 4.98 Å². The first-order chi connectivity index (χ1) is 7.17. The Labute approximate surface area is 88.6 Å². The fourth-order valence-corrected chi connectivity index (χ4v) is 1.05.